The molecule has 0 fully saturated rings. The van der Waals surface area contributed by atoms with Gasteiger partial charge in [-0.05, 0) is 0 Å². The van der Waals surface area contributed by atoms with Crippen LogP contribution < -0.4 is 11.1 Å². The molecule has 1 amide bonds. The lowest BCUT2D eigenvalue weighted by atomic mass is 10.3. The van der Waals surface area contributed by atoms with Gasteiger partial charge in [-0.3, -0.25) is 9.59 Å². The van der Waals surface area contributed by atoms with Crippen LogP contribution in [-0.2, 0) is 9.59 Å². The quantitative estimate of drug-likeness (QED) is 0.438. The van der Waals surface area contributed by atoms with Crippen LogP contribution in [0.3, 0.4) is 0 Å². The van der Waals surface area contributed by atoms with Crippen molar-refractivity contribution in [1.82, 2.24) is 5.32 Å². The van der Waals surface area contributed by atoms with E-state index in [-0.39, 0.29) is 18.2 Å². The van der Waals surface area contributed by atoms with Gasteiger partial charge in [0.05, 0.1) is 12.6 Å². The van der Waals surface area contributed by atoms with Crippen molar-refractivity contribution < 1.29 is 9.59 Å². The summed E-state index contributed by atoms with van der Waals surface area (Å²) in [5, 5.41) is 2.25. The lowest BCUT2D eigenvalue weighted by Gasteiger charge is -2.05. The predicted molar refractivity (Wildman–Crippen MR) is 40.5 cm³/mol. The van der Waals surface area contributed by atoms with Crippen LogP contribution in [-0.4, -0.2) is 30.5 Å². The van der Waals surface area contributed by atoms with E-state index in [0.29, 0.717) is 0 Å². The number of carbonyl (C=O) groups excluding carboxylic acids is 2. The molecule has 0 aromatic rings. The highest BCUT2D eigenvalue weighted by Gasteiger charge is 2.09. The molecular weight excluding hydrogens is 152 g/mol. The molecule has 0 aromatic heterocycles. The van der Waals surface area contributed by atoms with E-state index in [0.717, 1.165) is 0 Å². The Labute approximate surface area is 64.6 Å². The molecular formula is C5H9N2O2S. The molecule has 5 heteroatoms. The highest BCUT2D eigenvalue weighted by molar-refractivity contribution is 7.80. The summed E-state index contributed by atoms with van der Waals surface area (Å²) in [6, 6.07) is -0.642. The zero-order chi connectivity index (χ0) is 7.98. The maximum Gasteiger partial charge on any atom is 0.238 e. The average Bonchev–Trinajstić information content (AvgIpc) is 1.98. The number of nitrogens with two attached hydrogens (primary N) is 1. The third kappa shape index (κ3) is 3.47. The molecule has 1 atom stereocenters. The summed E-state index contributed by atoms with van der Waals surface area (Å²) in [7, 11) is 0. The largest absolute Gasteiger partial charge is 0.347 e. The summed E-state index contributed by atoms with van der Waals surface area (Å²) < 4.78 is 0. The Morgan fingerprint density at radius 3 is 2.80 bits per heavy atom. The fraction of sp³-hybridized carbons (Fsp3) is 0.600. The van der Waals surface area contributed by atoms with Gasteiger partial charge in [-0.1, -0.05) is 0 Å². The number of rotatable bonds is 4. The van der Waals surface area contributed by atoms with Crippen LogP contribution in [0, 0.1) is 0 Å². The summed E-state index contributed by atoms with van der Waals surface area (Å²) in [6.07, 6.45) is 1.52. The number of amides is 1. The minimum Gasteiger partial charge on any atom is -0.347 e. The van der Waals surface area contributed by atoms with Crippen molar-refractivity contribution in [3.8, 4) is 0 Å². The van der Waals surface area contributed by atoms with Crippen LogP contribution in [0.2, 0.25) is 0 Å². The highest BCUT2D eigenvalue weighted by Crippen LogP contribution is 1.81. The van der Waals surface area contributed by atoms with E-state index in [2.05, 4.69) is 17.9 Å². The van der Waals surface area contributed by atoms with Crippen LogP contribution in [0.15, 0.2) is 0 Å². The maximum atomic E-state index is 10.7. The predicted octanol–water partition coefficient (Wildman–Crippen LogP) is -1.53. The second-order valence-corrected chi connectivity index (χ2v) is 2.02. The maximum absolute atomic E-state index is 10.7. The summed E-state index contributed by atoms with van der Waals surface area (Å²) in [5.74, 6) is -0.108. The minimum atomic E-state index is -0.642. The Balaban J connectivity index is 3.51. The summed E-state index contributed by atoms with van der Waals surface area (Å²) in [4.78, 5) is 20.3. The monoisotopic (exact) mass is 161 g/mol. The molecule has 0 heterocycles. The normalized spacial score (nSPS) is 12.2. The Morgan fingerprint density at radius 1 is 1.80 bits per heavy atom. The number of hydrogen-bond donors (Lipinski definition) is 3. The summed E-state index contributed by atoms with van der Waals surface area (Å²) in [6.45, 7) is -0.111. The zero-order valence-corrected chi connectivity index (χ0v) is 6.23. The smallest absolute Gasteiger partial charge is 0.238 e. The first-order chi connectivity index (χ1) is 4.72. The van der Waals surface area contributed by atoms with E-state index in [9.17, 15) is 9.59 Å². The lowest BCUT2D eigenvalue weighted by Crippen LogP contribution is -2.42. The van der Waals surface area contributed by atoms with E-state index < -0.39 is 6.04 Å². The Kier molecular flexibility index (Phi) is 4.96. The third-order valence-electron chi connectivity index (χ3n) is 0.868. The molecule has 0 aliphatic carbocycles. The van der Waals surface area contributed by atoms with E-state index in [1.165, 1.54) is 6.29 Å². The van der Waals surface area contributed by atoms with Gasteiger partial charge in [0, 0.05) is 5.75 Å². The number of thiol groups is 1. The molecule has 4 nitrogen and oxygen atoms in total. The molecule has 0 unspecified atom stereocenters. The van der Waals surface area contributed by atoms with Crippen LogP contribution >= 0.6 is 12.6 Å². The van der Waals surface area contributed by atoms with Crippen molar-refractivity contribution in [3.63, 3.8) is 0 Å². The molecule has 57 valence electrons. The molecule has 0 rings (SSSR count). The van der Waals surface area contributed by atoms with Gasteiger partial charge in [0.2, 0.25) is 12.2 Å². The lowest BCUT2D eigenvalue weighted by molar-refractivity contribution is -0.121. The molecule has 0 aromatic carbocycles. The number of nitrogens with one attached hydrogen (secondary N) is 1. The van der Waals surface area contributed by atoms with Crippen LogP contribution in [0.25, 0.3) is 0 Å². The minimum absolute atomic E-state index is 0.111. The molecule has 0 spiro atoms. The number of carbonyl (C=O) groups is 1. The topological polar surface area (TPSA) is 72.2 Å². The van der Waals surface area contributed by atoms with Gasteiger partial charge in [0.15, 0.2) is 0 Å². The van der Waals surface area contributed by atoms with Gasteiger partial charge in [-0.2, -0.15) is 12.6 Å². The first-order valence-electron chi connectivity index (χ1n) is 2.71. The van der Waals surface area contributed by atoms with Crippen LogP contribution in [0.1, 0.15) is 0 Å². The first-order valence-corrected chi connectivity index (χ1v) is 3.34. The van der Waals surface area contributed by atoms with Crippen molar-refractivity contribution >= 4 is 24.8 Å². The molecule has 10 heavy (non-hydrogen) atoms. The van der Waals surface area contributed by atoms with E-state index in [4.69, 9.17) is 5.73 Å². The van der Waals surface area contributed by atoms with Gasteiger partial charge in [0.1, 0.15) is 0 Å². The van der Waals surface area contributed by atoms with E-state index in [1.807, 2.05) is 0 Å². The summed E-state index contributed by atoms with van der Waals surface area (Å²) in [5.41, 5.74) is 5.24. The molecule has 0 aliphatic heterocycles. The third-order valence-corrected chi connectivity index (χ3v) is 1.26. The standard InChI is InChI=1S/C5H9N2O2S/c6-4(3-10)5(9)7-1-2-8/h4,10H,1,3,6H2,(H,7,9)/t4-/m0/s1. The molecule has 0 bridgehead atoms. The average molecular weight is 161 g/mol. The second-order valence-electron chi connectivity index (χ2n) is 1.65. The van der Waals surface area contributed by atoms with Gasteiger partial charge in [0.25, 0.3) is 0 Å². The van der Waals surface area contributed by atoms with Crippen LogP contribution in [0.4, 0.5) is 0 Å². The fourth-order valence-corrected chi connectivity index (χ4v) is 0.503. The van der Waals surface area contributed by atoms with E-state index in [1.54, 1.807) is 0 Å². The SMILES string of the molecule is N[C@@H](CS)C(=O)NC[C]=O. The molecule has 1 radical (unpaired) electrons. The first kappa shape index (κ1) is 9.45. The molecule has 3 N–H and O–H groups in total. The van der Waals surface area contributed by atoms with Gasteiger partial charge in [-0.15, -0.1) is 0 Å². The molecule has 0 saturated carbocycles. The Bertz CT molecular complexity index is 129. The summed E-state index contributed by atoms with van der Waals surface area (Å²) >= 11 is 3.79. The van der Waals surface area contributed by atoms with E-state index >= 15 is 0 Å². The van der Waals surface area contributed by atoms with Gasteiger partial charge in [-0.25, -0.2) is 0 Å². The highest BCUT2D eigenvalue weighted by atomic mass is 32.1. The molecule has 0 aliphatic rings. The van der Waals surface area contributed by atoms with Gasteiger partial charge >= 0.3 is 0 Å². The Hall–Kier alpha value is -0.550. The number of hydrogen-bond acceptors (Lipinski definition) is 4. The fourth-order valence-electron chi connectivity index (χ4n) is 0.337. The van der Waals surface area contributed by atoms with Crippen molar-refractivity contribution in [2.75, 3.05) is 12.3 Å². The van der Waals surface area contributed by atoms with Crippen molar-refractivity contribution in [2.45, 2.75) is 6.04 Å². The Morgan fingerprint density at radius 2 is 2.40 bits per heavy atom. The van der Waals surface area contributed by atoms with Crippen LogP contribution in [0.5, 0.6) is 0 Å². The molecule has 0 saturated heterocycles. The van der Waals surface area contributed by atoms with Crippen molar-refractivity contribution in [3.05, 3.63) is 0 Å². The second kappa shape index (κ2) is 5.25. The van der Waals surface area contributed by atoms with Crippen molar-refractivity contribution in [2.24, 2.45) is 5.73 Å². The van der Waals surface area contributed by atoms with Crippen molar-refractivity contribution in [1.29, 1.82) is 0 Å². The zero-order valence-electron chi connectivity index (χ0n) is 5.33. The van der Waals surface area contributed by atoms with Gasteiger partial charge < -0.3 is 11.1 Å².